The number of hydrogen-bond donors (Lipinski definition) is 1. The van der Waals surface area contributed by atoms with Crippen LogP contribution in [-0.4, -0.2) is 21.6 Å². The maximum absolute atomic E-state index is 12.8. The number of hydrogen-bond acceptors (Lipinski definition) is 7. The van der Waals surface area contributed by atoms with E-state index in [4.69, 9.17) is 0 Å². The van der Waals surface area contributed by atoms with E-state index in [2.05, 4.69) is 28.3 Å². The van der Waals surface area contributed by atoms with Gasteiger partial charge < -0.3 is 5.32 Å². The third-order valence-corrected chi connectivity index (χ3v) is 9.44. The number of amides is 1. The van der Waals surface area contributed by atoms with Crippen molar-refractivity contribution in [1.29, 1.82) is 5.26 Å². The molecule has 2 aliphatic carbocycles. The van der Waals surface area contributed by atoms with Crippen molar-refractivity contribution < 1.29 is 4.79 Å². The molecule has 0 saturated carbocycles. The fraction of sp³-hybridized carbons (Fsp3) is 0.478. The summed E-state index contributed by atoms with van der Waals surface area (Å²) in [7, 11) is 0. The average molecular weight is 469 g/mol. The highest BCUT2D eigenvalue weighted by Gasteiger charge is 2.25. The fourth-order valence-electron chi connectivity index (χ4n) is 4.58. The van der Waals surface area contributed by atoms with Crippen LogP contribution in [0.5, 0.6) is 0 Å². The standard InChI is InChI=1S/C23H24N4OS3/c1-12-7-8-14-16(10-24)21(31-18(14)9-12)27-19(28)11-29-22-20-15-5-3-4-6-17(15)30-23(20)26-13(2)25-22/h12H,3-9,11H2,1-2H3,(H,27,28)/t12-/m1/s1. The van der Waals surface area contributed by atoms with Gasteiger partial charge in [-0.3, -0.25) is 4.79 Å². The molecule has 160 valence electrons. The van der Waals surface area contributed by atoms with Crippen LogP contribution in [0.25, 0.3) is 10.2 Å². The summed E-state index contributed by atoms with van der Waals surface area (Å²) in [6.07, 6.45) is 7.68. The number of fused-ring (bicyclic) bond motifs is 4. The molecule has 0 aliphatic heterocycles. The minimum absolute atomic E-state index is 0.0818. The normalized spacial score (nSPS) is 17.8. The molecule has 0 unspecified atom stereocenters. The van der Waals surface area contributed by atoms with Crippen molar-refractivity contribution in [2.24, 2.45) is 5.92 Å². The van der Waals surface area contributed by atoms with Gasteiger partial charge in [-0.15, -0.1) is 22.7 Å². The van der Waals surface area contributed by atoms with Crippen LogP contribution in [0, 0.1) is 24.2 Å². The lowest BCUT2D eigenvalue weighted by atomic mass is 9.89. The molecule has 5 rings (SSSR count). The van der Waals surface area contributed by atoms with Crippen molar-refractivity contribution in [1.82, 2.24) is 9.97 Å². The number of nitriles is 1. The molecule has 0 bridgehead atoms. The van der Waals surface area contributed by atoms with E-state index in [0.29, 0.717) is 16.5 Å². The molecule has 2 aliphatic rings. The Morgan fingerprint density at radius 3 is 2.87 bits per heavy atom. The van der Waals surface area contributed by atoms with Crippen LogP contribution in [-0.2, 0) is 30.5 Å². The molecule has 3 heterocycles. The molecule has 0 aromatic carbocycles. The minimum Gasteiger partial charge on any atom is -0.316 e. The van der Waals surface area contributed by atoms with Gasteiger partial charge in [-0.05, 0) is 68.9 Å². The Labute approximate surface area is 194 Å². The summed E-state index contributed by atoms with van der Waals surface area (Å²) >= 11 is 4.85. The minimum atomic E-state index is -0.0818. The van der Waals surface area contributed by atoms with Crippen molar-refractivity contribution in [3.63, 3.8) is 0 Å². The van der Waals surface area contributed by atoms with Crippen molar-refractivity contribution in [2.45, 2.75) is 63.8 Å². The van der Waals surface area contributed by atoms with Gasteiger partial charge in [0.05, 0.1) is 11.3 Å². The second kappa shape index (κ2) is 8.53. The Morgan fingerprint density at radius 2 is 2.03 bits per heavy atom. The van der Waals surface area contributed by atoms with Gasteiger partial charge in [0, 0.05) is 15.1 Å². The first-order valence-corrected chi connectivity index (χ1v) is 13.4. The summed E-state index contributed by atoms with van der Waals surface area (Å²) in [6, 6.07) is 2.33. The number of nitrogens with one attached hydrogen (secondary N) is 1. The number of thioether (sulfide) groups is 1. The van der Waals surface area contributed by atoms with Crippen LogP contribution < -0.4 is 5.32 Å². The molecule has 3 aromatic heterocycles. The van der Waals surface area contributed by atoms with E-state index in [1.165, 1.54) is 39.9 Å². The zero-order valence-electron chi connectivity index (χ0n) is 17.7. The highest BCUT2D eigenvalue weighted by atomic mass is 32.2. The van der Waals surface area contributed by atoms with Gasteiger partial charge in [0.1, 0.15) is 26.8 Å². The predicted octanol–water partition coefficient (Wildman–Crippen LogP) is 5.67. The number of rotatable bonds is 4. The second-order valence-corrected chi connectivity index (χ2v) is 11.6. The SMILES string of the molecule is Cc1nc(SCC(=O)Nc2sc3c(c2C#N)CC[C@@H](C)C3)c2c3c(sc2n1)CCCC3. The van der Waals surface area contributed by atoms with Gasteiger partial charge in [-0.25, -0.2) is 9.97 Å². The first-order chi connectivity index (χ1) is 15.0. The number of aryl methyl sites for hydroxylation is 3. The smallest absolute Gasteiger partial charge is 0.235 e. The van der Waals surface area contributed by atoms with Crippen LogP contribution in [0.4, 0.5) is 5.00 Å². The van der Waals surface area contributed by atoms with E-state index in [1.54, 1.807) is 22.7 Å². The molecule has 1 N–H and O–H groups in total. The van der Waals surface area contributed by atoms with Crippen molar-refractivity contribution >= 4 is 55.6 Å². The molecule has 8 heteroatoms. The van der Waals surface area contributed by atoms with Crippen LogP contribution >= 0.6 is 34.4 Å². The molecule has 0 radical (unpaired) electrons. The third-order valence-electron chi connectivity index (χ3n) is 6.11. The molecule has 0 saturated heterocycles. The van der Waals surface area contributed by atoms with E-state index in [-0.39, 0.29) is 11.7 Å². The van der Waals surface area contributed by atoms with Gasteiger partial charge in [-0.2, -0.15) is 5.26 Å². The van der Waals surface area contributed by atoms with E-state index >= 15 is 0 Å². The van der Waals surface area contributed by atoms with Crippen molar-refractivity contribution in [3.8, 4) is 6.07 Å². The number of nitrogens with zero attached hydrogens (tertiary/aromatic N) is 3. The summed E-state index contributed by atoms with van der Waals surface area (Å²) in [5.74, 6) is 1.58. The Balaban J connectivity index is 1.36. The predicted molar refractivity (Wildman–Crippen MR) is 128 cm³/mol. The molecular formula is C23H24N4OS3. The van der Waals surface area contributed by atoms with Crippen LogP contribution in [0.15, 0.2) is 5.03 Å². The summed E-state index contributed by atoms with van der Waals surface area (Å²) in [5.41, 5.74) is 3.20. The summed E-state index contributed by atoms with van der Waals surface area (Å²) in [5, 5.41) is 15.5. The monoisotopic (exact) mass is 468 g/mol. The highest BCUT2D eigenvalue weighted by Crippen LogP contribution is 2.41. The van der Waals surface area contributed by atoms with Gasteiger partial charge in [0.2, 0.25) is 5.91 Å². The average Bonchev–Trinajstić information content (AvgIpc) is 3.28. The summed E-state index contributed by atoms with van der Waals surface area (Å²) < 4.78 is 0. The third kappa shape index (κ3) is 3.99. The molecule has 1 amide bonds. The van der Waals surface area contributed by atoms with Gasteiger partial charge in [0.15, 0.2) is 0 Å². The van der Waals surface area contributed by atoms with E-state index in [1.807, 2.05) is 6.92 Å². The maximum Gasteiger partial charge on any atom is 0.235 e. The lowest BCUT2D eigenvalue weighted by Crippen LogP contribution is -2.14. The fourth-order valence-corrected chi connectivity index (χ4v) is 8.23. The van der Waals surface area contributed by atoms with Gasteiger partial charge in [-0.1, -0.05) is 18.7 Å². The van der Waals surface area contributed by atoms with Crippen LogP contribution in [0.2, 0.25) is 0 Å². The van der Waals surface area contributed by atoms with Gasteiger partial charge >= 0.3 is 0 Å². The van der Waals surface area contributed by atoms with Gasteiger partial charge in [0.25, 0.3) is 0 Å². The quantitative estimate of drug-likeness (QED) is 0.394. The topological polar surface area (TPSA) is 78.7 Å². The van der Waals surface area contributed by atoms with E-state index in [0.717, 1.165) is 58.7 Å². The molecule has 31 heavy (non-hydrogen) atoms. The number of thiophene rings is 2. The van der Waals surface area contributed by atoms with Crippen LogP contribution in [0.3, 0.4) is 0 Å². The Hall–Kier alpha value is -1.95. The molecule has 3 aromatic rings. The Kier molecular flexibility index (Phi) is 5.76. The molecule has 5 nitrogen and oxygen atoms in total. The molecular weight excluding hydrogens is 444 g/mol. The number of carbonyl (C=O) groups excluding carboxylic acids is 1. The first-order valence-electron chi connectivity index (χ1n) is 10.8. The van der Waals surface area contributed by atoms with E-state index < -0.39 is 0 Å². The highest BCUT2D eigenvalue weighted by molar-refractivity contribution is 8.00. The Morgan fingerprint density at radius 1 is 1.19 bits per heavy atom. The number of anilines is 1. The summed E-state index contributed by atoms with van der Waals surface area (Å²) in [4.78, 5) is 25.9. The van der Waals surface area contributed by atoms with Crippen LogP contribution in [0.1, 0.15) is 58.5 Å². The zero-order valence-corrected chi connectivity index (χ0v) is 20.2. The molecule has 1 atom stereocenters. The van der Waals surface area contributed by atoms with Crippen molar-refractivity contribution in [2.75, 3.05) is 11.1 Å². The lowest BCUT2D eigenvalue weighted by molar-refractivity contribution is -0.113. The van der Waals surface area contributed by atoms with Crippen molar-refractivity contribution in [3.05, 3.63) is 32.3 Å². The van der Waals surface area contributed by atoms with E-state index in [9.17, 15) is 10.1 Å². The largest absolute Gasteiger partial charge is 0.316 e. The second-order valence-electron chi connectivity index (χ2n) is 8.47. The first kappa shape index (κ1) is 20.9. The zero-order chi connectivity index (χ0) is 21.5. The Bertz CT molecular complexity index is 1220. The number of carbonyl (C=O) groups is 1. The maximum atomic E-state index is 12.8. The number of aromatic nitrogens is 2. The summed E-state index contributed by atoms with van der Waals surface area (Å²) in [6.45, 7) is 4.16. The molecule has 0 spiro atoms. The lowest BCUT2D eigenvalue weighted by Gasteiger charge is -2.17. The molecule has 0 fully saturated rings.